The average Bonchev–Trinajstić information content (AvgIpc) is 2.74. The molecule has 114 valence electrons. The maximum Gasteiger partial charge on any atom is 0.226 e. The van der Waals surface area contributed by atoms with Crippen LogP contribution in [0.1, 0.15) is 59.8 Å². The first-order chi connectivity index (χ1) is 8.31. The van der Waals surface area contributed by atoms with Gasteiger partial charge in [-0.1, -0.05) is 26.7 Å². The Labute approximate surface area is 124 Å². The van der Waals surface area contributed by atoms with Crippen LogP contribution in [0.15, 0.2) is 0 Å². The Kier molecular flexibility index (Phi) is 7.38. The van der Waals surface area contributed by atoms with Crippen LogP contribution in [-0.2, 0) is 4.79 Å². The van der Waals surface area contributed by atoms with E-state index in [2.05, 4.69) is 19.2 Å². The van der Waals surface area contributed by atoms with Crippen LogP contribution in [-0.4, -0.2) is 19.0 Å². The number of hydrogen-bond acceptors (Lipinski definition) is 2. The van der Waals surface area contributed by atoms with Crippen LogP contribution < -0.4 is 11.1 Å². The zero-order valence-electron chi connectivity index (χ0n) is 12.9. The van der Waals surface area contributed by atoms with Crippen molar-refractivity contribution in [3.05, 3.63) is 0 Å². The SMILES string of the molecule is CC(C)CC1(CNC(=O)C(C)(C)CN)CCCC1.Cl. The van der Waals surface area contributed by atoms with Crippen molar-refractivity contribution in [3.8, 4) is 0 Å². The molecule has 0 unspecified atom stereocenters. The molecular weight excluding hydrogens is 260 g/mol. The van der Waals surface area contributed by atoms with Gasteiger partial charge in [-0.2, -0.15) is 0 Å². The number of nitrogens with one attached hydrogen (secondary N) is 1. The molecule has 0 aromatic carbocycles. The van der Waals surface area contributed by atoms with Crippen molar-refractivity contribution in [1.82, 2.24) is 5.32 Å². The van der Waals surface area contributed by atoms with Crippen LogP contribution in [0.4, 0.5) is 0 Å². The van der Waals surface area contributed by atoms with Crippen molar-refractivity contribution in [2.75, 3.05) is 13.1 Å². The fourth-order valence-electron chi connectivity index (χ4n) is 3.04. The van der Waals surface area contributed by atoms with E-state index in [-0.39, 0.29) is 18.3 Å². The van der Waals surface area contributed by atoms with E-state index in [1.54, 1.807) is 0 Å². The number of amides is 1. The molecule has 4 heteroatoms. The molecule has 0 aliphatic heterocycles. The Morgan fingerprint density at radius 1 is 1.32 bits per heavy atom. The fraction of sp³-hybridized carbons (Fsp3) is 0.933. The third kappa shape index (κ3) is 5.31. The number of carbonyl (C=O) groups excluding carboxylic acids is 1. The van der Waals surface area contributed by atoms with Gasteiger partial charge in [0.1, 0.15) is 0 Å². The largest absolute Gasteiger partial charge is 0.355 e. The van der Waals surface area contributed by atoms with Gasteiger partial charge in [0.2, 0.25) is 5.91 Å². The molecule has 1 aliphatic carbocycles. The van der Waals surface area contributed by atoms with Gasteiger partial charge in [0, 0.05) is 13.1 Å². The second-order valence-electron chi connectivity index (χ2n) is 7.08. The zero-order chi connectivity index (χ0) is 13.8. The van der Waals surface area contributed by atoms with E-state index in [0.29, 0.717) is 17.9 Å². The van der Waals surface area contributed by atoms with Crippen molar-refractivity contribution in [2.24, 2.45) is 22.5 Å². The third-order valence-corrected chi connectivity index (χ3v) is 4.25. The highest BCUT2D eigenvalue weighted by Crippen LogP contribution is 2.42. The Balaban J connectivity index is 0.00000324. The summed E-state index contributed by atoms with van der Waals surface area (Å²) in [6, 6.07) is 0. The van der Waals surface area contributed by atoms with Crippen molar-refractivity contribution < 1.29 is 4.79 Å². The van der Waals surface area contributed by atoms with Crippen LogP contribution in [0.5, 0.6) is 0 Å². The molecule has 1 rings (SSSR count). The summed E-state index contributed by atoms with van der Waals surface area (Å²) in [6.07, 6.45) is 6.35. The highest BCUT2D eigenvalue weighted by molar-refractivity contribution is 5.85. The van der Waals surface area contributed by atoms with Crippen LogP contribution in [0.25, 0.3) is 0 Å². The van der Waals surface area contributed by atoms with Gasteiger partial charge in [-0.3, -0.25) is 4.79 Å². The summed E-state index contributed by atoms with van der Waals surface area (Å²) in [5.41, 5.74) is 5.54. The summed E-state index contributed by atoms with van der Waals surface area (Å²) in [7, 11) is 0. The first-order valence-corrected chi connectivity index (χ1v) is 7.30. The lowest BCUT2D eigenvalue weighted by atomic mass is 9.78. The Bertz CT molecular complexity index is 284. The molecule has 0 saturated heterocycles. The van der Waals surface area contributed by atoms with Crippen LogP contribution >= 0.6 is 12.4 Å². The lowest BCUT2D eigenvalue weighted by Gasteiger charge is -2.33. The van der Waals surface area contributed by atoms with E-state index in [0.717, 1.165) is 6.54 Å². The number of nitrogens with two attached hydrogens (primary N) is 1. The van der Waals surface area contributed by atoms with Crippen LogP contribution in [0.2, 0.25) is 0 Å². The first-order valence-electron chi connectivity index (χ1n) is 7.30. The molecule has 0 bridgehead atoms. The summed E-state index contributed by atoms with van der Waals surface area (Å²) in [6.45, 7) is 9.58. The summed E-state index contributed by atoms with van der Waals surface area (Å²) in [5.74, 6) is 0.794. The van der Waals surface area contributed by atoms with Gasteiger partial charge in [-0.25, -0.2) is 0 Å². The van der Waals surface area contributed by atoms with E-state index in [9.17, 15) is 4.79 Å². The minimum absolute atomic E-state index is 0. The Morgan fingerprint density at radius 3 is 2.26 bits per heavy atom. The lowest BCUT2D eigenvalue weighted by molar-refractivity contribution is -0.129. The molecular formula is C15H31ClN2O. The normalized spacial score (nSPS) is 18.2. The molecule has 19 heavy (non-hydrogen) atoms. The molecule has 1 fully saturated rings. The second-order valence-corrected chi connectivity index (χ2v) is 7.08. The van der Waals surface area contributed by atoms with E-state index < -0.39 is 5.41 Å². The quantitative estimate of drug-likeness (QED) is 0.790. The van der Waals surface area contributed by atoms with Crippen molar-refractivity contribution in [1.29, 1.82) is 0 Å². The molecule has 1 amide bonds. The molecule has 0 aromatic rings. The summed E-state index contributed by atoms with van der Waals surface area (Å²) in [5, 5.41) is 3.14. The molecule has 0 heterocycles. The number of hydrogen-bond donors (Lipinski definition) is 2. The topological polar surface area (TPSA) is 55.1 Å². The fourth-order valence-corrected chi connectivity index (χ4v) is 3.04. The number of halogens is 1. The molecule has 0 atom stereocenters. The second kappa shape index (κ2) is 7.49. The van der Waals surface area contributed by atoms with E-state index in [4.69, 9.17) is 5.73 Å². The third-order valence-electron chi connectivity index (χ3n) is 4.25. The van der Waals surface area contributed by atoms with Gasteiger partial charge in [0.05, 0.1) is 5.41 Å². The van der Waals surface area contributed by atoms with Crippen molar-refractivity contribution in [2.45, 2.75) is 59.8 Å². The Hall–Kier alpha value is -0.280. The predicted molar refractivity (Wildman–Crippen MR) is 83.4 cm³/mol. The van der Waals surface area contributed by atoms with E-state index in [1.807, 2.05) is 13.8 Å². The molecule has 3 nitrogen and oxygen atoms in total. The van der Waals surface area contributed by atoms with Gasteiger partial charge in [-0.05, 0) is 44.4 Å². The van der Waals surface area contributed by atoms with Crippen molar-refractivity contribution >= 4 is 18.3 Å². The summed E-state index contributed by atoms with van der Waals surface area (Å²) in [4.78, 5) is 12.1. The van der Waals surface area contributed by atoms with Gasteiger partial charge >= 0.3 is 0 Å². The zero-order valence-corrected chi connectivity index (χ0v) is 13.7. The highest BCUT2D eigenvalue weighted by atomic mass is 35.5. The predicted octanol–water partition coefficient (Wildman–Crippen LogP) is 3.12. The molecule has 0 spiro atoms. The maximum absolute atomic E-state index is 12.1. The van der Waals surface area contributed by atoms with Gasteiger partial charge < -0.3 is 11.1 Å². The van der Waals surface area contributed by atoms with Crippen LogP contribution in [0.3, 0.4) is 0 Å². The minimum Gasteiger partial charge on any atom is -0.355 e. The number of carbonyl (C=O) groups is 1. The van der Waals surface area contributed by atoms with Crippen LogP contribution in [0, 0.1) is 16.7 Å². The monoisotopic (exact) mass is 290 g/mol. The van der Waals surface area contributed by atoms with Gasteiger partial charge in [0.25, 0.3) is 0 Å². The van der Waals surface area contributed by atoms with E-state index >= 15 is 0 Å². The summed E-state index contributed by atoms with van der Waals surface area (Å²) >= 11 is 0. The number of rotatable bonds is 6. The van der Waals surface area contributed by atoms with Gasteiger partial charge in [-0.15, -0.1) is 12.4 Å². The van der Waals surface area contributed by atoms with E-state index in [1.165, 1.54) is 32.1 Å². The smallest absolute Gasteiger partial charge is 0.226 e. The van der Waals surface area contributed by atoms with Crippen molar-refractivity contribution in [3.63, 3.8) is 0 Å². The lowest BCUT2D eigenvalue weighted by Crippen LogP contribution is -2.45. The Morgan fingerprint density at radius 2 is 1.84 bits per heavy atom. The molecule has 1 aliphatic rings. The highest BCUT2D eigenvalue weighted by Gasteiger charge is 2.36. The van der Waals surface area contributed by atoms with Gasteiger partial charge in [0.15, 0.2) is 0 Å². The molecule has 3 N–H and O–H groups in total. The average molecular weight is 291 g/mol. The maximum atomic E-state index is 12.1. The molecule has 1 saturated carbocycles. The molecule has 0 aromatic heterocycles. The minimum atomic E-state index is -0.447. The molecule has 0 radical (unpaired) electrons. The standard InChI is InChI=1S/C15H30N2O.ClH/c1-12(2)9-15(7-5-6-8-15)11-17-13(18)14(3,4)10-16;/h12H,5-11,16H2,1-4H3,(H,17,18);1H. The summed E-state index contributed by atoms with van der Waals surface area (Å²) < 4.78 is 0. The first kappa shape index (κ1) is 18.7.